The molecule has 2 heterocycles. The van der Waals surface area contributed by atoms with E-state index in [1.165, 1.54) is 45.1 Å². The van der Waals surface area contributed by atoms with E-state index in [9.17, 15) is 19.2 Å². The van der Waals surface area contributed by atoms with Crippen LogP contribution < -0.4 is 15.0 Å². The van der Waals surface area contributed by atoms with Crippen molar-refractivity contribution in [3.05, 3.63) is 89.7 Å². The molecule has 0 saturated carbocycles. The first-order chi connectivity index (χ1) is 19.8. The van der Waals surface area contributed by atoms with Crippen molar-refractivity contribution in [2.45, 2.75) is 12.5 Å². The first kappa shape index (κ1) is 27.3. The molecule has 0 aliphatic carbocycles. The Labute approximate surface area is 237 Å². The Hall–Kier alpha value is -5.30. The summed E-state index contributed by atoms with van der Waals surface area (Å²) in [6.07, 6.45) is 0.0456. The van der Waals surface area contributed by atoms with E-state index >= 15 is 0 Å². The summed E-state index contributed by atoms with van der Waals surface area (Å²) in [4.78, 5) is 53.9. The zero-order valence-electron chi connectivity index (χ0n) is 21.3. The molecule has 1 saturated heterocycles. The average molecular weight is 576 g/mol. The summed E-state index contributed by atoms with van der Waals surface area (Å²) in [5, 5.41) is 23.0. The zero-order valence-corrected chi connectivity index (χ0v) is 22.0. The van der Waals surface area contributed by atoms with Crippen LogP contribution in [0.1, 0.15) is 5.56 Å². The summed E-state index contributed by atoms with van der Waals surface area (Å²) in [5.41, 5.74) is 1.93. The number of carbonyl (C=O) groups excluding carboxylic acids is 3. The fourth-order valence-corrected chi connectivity index (χ4v) is 4.60. The van der Waals surface area contributed by atoms with E-state index in [1.807, 2.05) is 30.3 Å². The SMILES string of the molecule is O=C(O)Oc1ccc(NC(=O)C(Cc2ccccc2)N2CC(=O)N(c3cc(Cl)ccc3-n3cnnn3)CC2=O)cc1. The van der Waals surface area contributed by atoms with Crippen LogP contribution in [0.4, 0.5) is 16.2 Å². The number of halogens is 1. The fraction of sp³-hybridized carbons (Fsp3) is 0.148. The second-order valence-corrected chi connectivity index (χ2v) is 9.41. The smallest absolute Gasteiger partial charge is 0.449 e. The highest BCUT2D eigenvalue weighted by atomic mass is 35.5. The number of hydrogen-bond acceptors (Lipinski definition) is 8. The Morgan fingerprint density at radius 2 is 1.73 bits per heavy atom. The highest BCUT2D eigenvalue weighted by molar-refractivity contribution is 6.31. The van der Waals surface area contributed by atoms with E-state index in [2.05, 4.69) is 25.6 Å². The van der Waals surface area contributed by atoms with Gasteiger partial charge in [-0.1, -0.05) is 41.9 Å². The van der Waals surface area contributed by atoms with Crippen LogP contribution in [0.15, 0.2) is 79.1 Å². The van der Waals surface area contributed by atoms with E-state index < -0.39 is 29.9 Å². The van der Waals surface area contributed by atoms with Gasteiger partial charge >= 0.3 is 6.16 Å². The molecule has 4 aromatic rings. The molecule has 1 unspecified atom stereocenters. The summed E-state index contributed by atoms with van der Waals surface area (Å²) in [7, 11) is 0. The van der Waals surface area contributed by atoms with E-state index in [1.54, 1.807) is 18.2 Å². The van der Waals surface area contributed by atoms with Crippen molar-refractivity contribution in [3.63, 3.8) is 0 Å². The van der Waals surface area contributed by atoms with Crippen molar-refractivity contribution >= 4 is 46.9 Å². The van der Waals surface area contributed by atoms with Crippen molar-refractivity contribution in [1.29, 1.82) is 0 Å². The van der Waals surface area contributed by atoms with Gasteiger partial charge in [0.1, 0.15) is 31.2 Å². The molecule has 1 aromatic heterocycles. The number of hydrogen-bond donors (Lipinski definition) is 2. The monoisotopic (exact) mass is 575 g/mol. The van der Waals surface area contributed by atoms with Gasteiger partial charge in [0.05, 0.1) is 11.4 Å². The average Bonchev–Trinajstić information content (AvgIpc) is 3.49. The van der Waals surface area contributed by atoms with E-state index in [0.717, 1.165) is 5.56 Å². The van der Waals surface area contributed by atoms with Crippen LogP contribution in [-0.2, 0) is 20.8 Å². The molecule has 13 nitrogen and oxygen atoms in total. The van der Waals surface area contributed by atoms with Gasteiger partial charge in [-0.3, -0.25) is 19.3 Å². The van der Waals surface area contributed by atoms with Crippen LogP contribution in [0.3, 0.4) is 0 Å². The van der Waals surface area contributed by atoms with Crippen LogP contribution in [0.2, 0.25) is 5.02 Å². The zero-order chi connectivity index (χ0) is 28.9. The molecule has 1 aliphatic rings. The normalized spacial score (nSPS) is 14.1. The number of tetrazole rings is 1. The van der Waals surface area contributed by atoms with Crippen molar-refractivity contribution in [2.75, 3.05) is 23.3 Å². The van der Waals surface area contributed by atoms with Crippen LogP contribution in [-0.4, -0.2) is 73.2 Å². The van der Waals surface area contributed by atoms with Crippen LogP contribution in [0, 0.1) is 0 Å². The second-order valence-electron chi connectivity index (χ2n) is 8.98. The number of anilines is 2. The molecule has 3 aromatic carbocycles. The molecule has 3 amide bonds. The lowest BCUT2D eigenvalue weighted by Crippen LogP contribution is -2.60. The standard InChI is InChI=1S/C27H22ClN7O6/c28-18-6-11-21(35-16-29-31-32-35)22(13-18)33-14-25(37)34(15-24(33)36)23(12-17-4-2-1-3-5-17)26(38)30-19-7-9-20(10-8-19)41-27(39)40/h1-11,13,16,23H,12,14-15H2,(H,30,38)(H,39,40). The van der Waals surface area contributed by atoms with Gasteiger partial charge in [0, 0.05) is 17.1 Å². The van der Waals surface area contributed by atoms with Crippen molar-refractivity contribution in [3.8, 4) is 11.4 Å². The van der Waals surface area contributed by atoms with Gasteiger partial charge in [-0.2, -0.15) is 4.68 Å². The van der Waals surface area contributed by atoms with Gasteiger partial charge in [0.25, 0.3) is 0 Å². The Balaban J connectivity index is 1.40. The highest BCUT2D eigenvalue weighted by Gasteiger charge is 2.39. The third-order valence-electron chi connectivity index (χ3n) is 6.32. The lowest BCUT2D eigenvalue weighted by atomic mass is 10.0. The molecule has 1 fully saturated rings. The molecule has 0 radical (unpaired) electrons. The number of amides is 3. The van der Waals surface area contributed by atoms with Gasteiger partial charge in [-0.15, -0.1) is 5.10 Å². The van der Waals surface area contributed by atoms with Gasteiger partial charge in [-0.25, -0.2) is 4.79 Å². The summed E-state index contributed by atoms with van der Waals surface area (Å²) in [5.74, 6) is -1.32. The number of piperazine rings is 1. The number of ether oxygens (including phenoxy) is 1. The first-order valence-corrected chi connectivity index (χ1v) is 12.6. The third kappa shape index (κ3) is 6.31. The van der Waals surface area contributed by atoms with Crippen molar-refractivity contribution in [1.82, 2.24) is 25.1 Å². The van der Waals surface area contributed by atoms with Gasteiger partial charge in [0.15, 0.2) is 0 Å². The Bertz CT molecular complexity index is 1580. The molecule has 1 aliphatic heterocycles. The fourth-order valence-electron chi connectivity index (χ4n) is 4.43. The third-order valence-corrected chi connectivity index (χ3v) is 6.56. The molecule has 41 heavy (non-hydrogen) atoms. The van der Waals surface area contributed by atoms with Crippen molar-refractivity contribution < 1.29 is 29.0 Å². The quantitative estimate of drug-likeness (QED) is 0.238. The maximum Gasteiger partial charge on any atom is 0.511 e. The lowest BCUT2D eigenvalue weighted by Gasteiger charge is -2.38. The summed E-state index contributed by atoms with van der Waals surface area (Å²) < 4.78 is 5.95. The second kappa shape index (κ2) is 11.8. The molecule has 5 rings (SSSR count). The Morgan fingerprint density at radius 3 is 2.41 bits per heavy atom. The number of carboxylic acid groups (broad SMARTS) is 1. The lowest BCUT2D eigenvalue weighted by molar-refractivity contribution is -0.143. The topological polar surface area (TPSA) is 160 Å². The summed E-state index contributed by atoms with van der Waals surface area (Å²) in [6, 6.07) is 18.6. The predicted octanol–water partition coefficient (Wildman–Crippen LogP) is 2.80. The molecule has 14 heteroatoms. The maximum atomic E-state index is 13.5. The van der Waals surface area contributed by atoms with E-state index in [4.69, 9.17) is 16.7 Å². The molecule has 0 spiro atoms. The summed E-state index contributed by atoms with van der Waals surface area (Å²) >= 11 is 6.22. The molecular formula is C27H22ClN7O6. The number of carbonyl (C=O) groups is 4. The molecule has 1 atom stereocenters. The maximum absolute atomic E-state index is 13.5. The number of rotatable bonds is 8. The van der Waals surface area contributed by atoms with Gasteiger partial charge in [0.2, 0.25) is 17.7 Å². The molecular weight excluding hydrogens is 554 g/mol. The Kier molecular flexibility index (Phi) is 7.87. The Morgan fingerprint density at radius 1 is 0.976 bits per heavy atom. The molecule has 208 valence electrons. The predicted molar refractivity (Wildman–Crippen MR) is 146 cm³/mol. The van der Waals surface area contributed by atoms with E-state index in [0.29, 0.717) is 22.1 Å². The van der Waals surface area contributed by atoms with Gasteiger partial charge in [-0.05, 0) is 58.5 Å². The van der Waals surface area contributed by atoms with Crippen LogP contribution in [0.5, 0.6) is 5.75 Å². The number of nitrogens with one attached hydrogen (secondary N) is 1. The first-order valence-electron chi connectivity index (χ1n) is 12.3. The number of aromatic nitrogens is 4. The molecule has 0 bridgehead atoms. The number of nitrogens with zero attached hydrogens (tertiary/aromatic N) is 6. The highest BCUT2D eigenvalue weighted by Crippen LogP contribution is 2.30. The van der Waals surface area contributed by atoms with Gasteiger partial charge < -0.3 is 20.1 Å². The molecule has 2 N–H and O–H groups in total. The van der Waals surface area contributed by atoms with Crippen LogP contribution >= 0.6 is 11.6 Å². The number of benzene rings is 3. The minimum Gasteiger partial charge on any atom is -0.449 e. The minimum absolute atomic E-state index is 0.0790. The minimum atomic E-state index is -1.46. The van der Waals surface area contributed by atoms with E-state index in [-0.39, 0.29) is 25.3 Å². The largest absolute Gasteiger partial charge is 0.511 e. The van der Waals surface area contributed by atoms with Crippen LogP contribution in [0.25, 0.3) is 5.69 Å². The van der Waals surface area contributed by atoms with Crippen molar-refractivity contribution in [2.24, 2.45) is 0 Å². The summed E-state index contributed by atoms with van der Waals surface area (Å²) in [6.45, 7) is -0.704.